The van der Waals surface area contributed by atoms with E-state index in [1.54, 1.807) is 0 Å². The Morgan fingerprint density at radius 2 is 1.89 bits per heavy atom. The molecule has 0 unspecified atom stereocenters. The standard InChI is InChI=1S/C14H23NO3S/c1-3-10-19(16,17)11-9-18-14-8-6-5-7-13(14)12-15-4-2/h5-8,15H,3-4,9-12H2,1-2H3. The molecule has 108 valence electrons. The fourth-order valence-corrected chi connectivity index (χ4v) is 2.91. The summed E-state index contributed by atoms with van der Waals surface area (Å²) in [4.78, 5) is 0. The van der Waals surface area contributed by atoms with Gasteiger partial charge >= 0.3 is 0 Å². The van der Waals surface area contributed by atoms with Gasteiger partial charge < -0.3 is 10.1 Å². The van der Waals surface area contributed by atoms with Gasteiger partial charge in [-0.3, -0.25) is 0 Å². The van der Waals surface area contributed by atoms with Crippen molar-refractivity contribution in [1.29, 1.82) is 0 Å². The van der Waals surface area contributed by atoms with Gasteiger partial charge in [0, 0.05) is 12.1 Å². The maximum Gasteiger partial charge on any atom is 0.153 e. The Bertz CT molecular complexity index is 471. The summed E-state index contributed by atoms with van der Waals surface area (Å²) in [6.45, 7) is 5.74. The molecule has 0 atom stereocenters. The normalized spacial score (nSPS) is 11.5. The Hall–Kier alpha value is -1.07. The molecule has 0 fully saturated rings. The summed E-state index contributed by atoms with van der Waals surface area (Å²) in [7, 11) is -2.97. The van der Waals surface area contributed by atoms with Gasteiger partial charge in [-0.05, 0) is 19.0 Å². The van der Waals surface area contributed by atoms with E-state index in [9.17, 15) is 8.42 Å². The van der Waals surface area contributed by atoms with Crippen molar-refractivity contribution in [3.63, 3.8) is 0 Å². The maximum absolute atomic E-state index is 11.6. The van der Waals surface area contributed by atoms with Gasteiger partial charge in [0.15, 0.2) is 9.84 Å². The van der Waals surface area contributed by atoms with Crippen LogP contribution in [0.5, 0.6) is 5.75 Å². The van der Waals surface area contributed by atoms with Gasteiger partial charge in [-0.25, -0.2) is 8.42 Å². The van der Waals surface area contributed by atoms with E-state index in [0.717, 1.165) is 24.4 Å². The van der Waals surface area contributed by atoms with E-state index in [4.69, 9.17) is 4.74 Å². The van der Waals surface area contributed by atoms with Crippen molar-refractivity contribution >= 4 is 9.84 Å². The van der Waals surface area contributed by atoms with Crippen molar-refractivity contribution in [3.05, 3.63) is 29.8 Å². The monoisotopic (exact) mass is 285 g/mol. The third-order valence-corrected chi connectivity index (χ3v) is 4.52. The number of benzene rings is 1. The van der Waals surface area contributed by atoms with E-state index in [1.807, 2.05) is 38.1 Å². The fraction of sp³-hybridized carbons (Fsp3) is 0.571. The minimum absolute atomic E-state index is 0.0797. The summed E-state index contributed by atoms with van der Waals surface area (Å²) in [5.41, 5.74) is 1.05. The molecule has 1 rings (SSSR count). The minimum Gasteiger partial charge on any atom is -0.492 e. The molecule has 0 aliphatic carbocycles. The first kappa shape index (κ1) is 16.0. The van der Waals surface area contributed by atoms with Crippen LogP contribution in [0.2, 0.25) is 0 Å². The second kappa shape index (κ2) is 8.17. The molecule has 0 saturated heterocycles. The van der Waals surface area contributed by atoms with Crippen LogP contribution < -0.4 is 10.1 Å². The highest BCUT2D eigenvalue weighted by molar-refractivity contribution is 7.91. The predicted molar refractivity (Wildman–Crippen MR) is 78.3 cm³/mol. The van der Waals surface area contributed by atoms with Gasteiger partial charge in [-0.15, -0.1) is 0 Å². The van der Waals surface area contributed by atoms with E-state index in [1.165, 1.54) is 0 Å². The van der Waals surface area contributed by atoms with E-state index < -0.39 is 9.84 Å². The zero-order valence-electron chi connectivity index (χ0n) is 11.7. The Morgan fingerprint density at radius 3 is 2.58 bits per heavy atom. The number of para-hydroxylation sites is 1. The minimum atomic E-state index is -2.97. The molecular formula is C14H23NO3S. The average molecular weight is 285 g/mol. The maximum atomic E-state index is 11.6. The lowest BCUT2D eigenvalue weighted by Gasteiger charge is -2.11. The SMILES string of the molecule is CCCS(=O)(=O)CCOc1ccccc1CNCC. The van der Waals surface area contributed by atoms with E-state index in [0.29, 0.717) is 6.42 Å². The molecule has 1 N–H and O–H groups in total. The highest BCUT2D eigenvalue weighted by Crippen LogP contribution is 2.17. The van der Waals surface area contributed by atoms with Gasteiger partial charge in [0.1, 0.15) is 12.4 Å². The summed E-state index contributed by atoms with van der Waals surface area (Å²) >= 11 is 0. The second-order valence-electron chi connectivity index (χ2n) is 4.39. The Labute approximate surface area is 116 Å². The summed E-state index contributed by atoms with van der Waals surface area (Å²) < 4.78 is 28.8. The Morgan fingerprint density at radius 1 is 1.16 bits per heavy atom. The van der Waals surface area contributed by atoms with Gasteiger partial charge in [-0.2, -0.15) is 0 Å². The molecule has 1 aromatic rings. The van der Waals surface area contributed by atoms with Crippen LogP contribution in [0.4, 0.5) is 0 Å². The Balaban J connectivity index is 2.53. The lowest BCUT2D eigenvalue weighted by atomic mass is 10.2. The number of rotatable bonds is 9. The summed E-state index contributed by atoms with van der Waals surface area (Å²) in [6, 6.07) is 7.70. The first-order valence-corrected chi connectivity index (χ1v) is 8.53. The molecule has 0 aliphatic heterocycles. The topological polar surface area (TPSA) is 55.4 Å². The van der Waals surface area contributed by atoms with Gasteiger partial charge in [0.2, 0.25) is 0 Å². The fourth-order valence-electron chi connectivity index (χ4n) is 1.74. The Kier molecular flexibility index (Phi) is 6.87. The molecule has 0 spiro atoms. The molecule has 0 bridgehead atoms. The zero-order chi connectivity index (χ0) is 14.1. The third-order valence-electron chi connectivity index (χ3n) is 2.71. The molecular weight excluding hydrogens is 262 g/mol. The molecule has 19 heavy (non-hydrogen) atoms. The zero-order valence-corrected chi connectivity index (χ0v) is 12.5. The van der Waals surface area contributed by atoms with Crippen molar-refractivity contribution < 1.29 is 13.2 Å². The number of nitrogens with one attached hydrogen (secondary N) is 1. The van der Waals surface area contributed by atoms with Gasteiger partial charge in [0.25, 0.3) is 0 Å². The number of hydrogen-bond acceptors (Lipinski definition) is 4. The lowest BCUT2D eigenvalue weighted by Crippen LogP contribution is -2.18. The van der Waals surface area contributed by atoms with Crippen molar-refractivity contribution in [1.82, 2.24) is 5.32 Å². The second-order valence-corrected chi connectivity index (χ2v) is 6.69. The summed E-state index contributed by atoms with van der Waals surface area (Å²) in [5, 5.41) is 3.23. The van der Waals surface area contributed by atoms with Crippen molar-refractivity contribution in [3.8, 4) is 5.75 Å². The van der Waals surface area contributed by atoms with E-state index in [2.05, 4.69) is 5.32 Å². The van der Waals surface area contributed by atoms with Crippen LogP contribution in [0.25, 0.3) is 0 Å². The molecule has 4 nitrogen and oxygen atoms in total. The van der Waals surface area contributed by atoms with Crippen LogP contribution in [0.3, 0.4) is 0 Å². The first-order chi connectivity index (χ1) is 9.09. The van der Waals surface area contributed by atoms with Crippen LogP contribution in [0, 0.1) is 0 Å². The smallest absolute Gasteiger partial charge is 0.153 e. The van der Waals surface area contributed by atoms with Gasteiger partial charge in [-0.1, -0.05) is 32.0 Å². The molecule has 0 heterocycles. The molecule has 0 aromatic heterocycles. The molecule has 5 heteroatoms. The van der Waals surface area contributed by atoms with Crippen molar-refractivity contribution in [2.24, 2.45) is 0 Å². The first-order valence-electron chi connectivity index (χ1n) is 6.71. The third kappa shape index (κ3) is 6.07. The number of sulfone groups is 1. The largest absolute Gasteiger partial charge is 0.492 e. The average Bonchev–Trinajstić information content (AvgIpc) is 2.37. The summed E-state index contributed by atoms with van der Waals surface area (Å²) in [6.07, 6.45) is 0.652. The highest BCUT2D eigenvalue weighted by Gasteiger charge is 2.10. The molecule has 0 saturated carbocycles. The quantitative estimate of drug-likeness (QED) is 0.754. The summed E-state index contributed by atoms with van der Waals surface area (Å²) in [5.74, 6) is 1.07. The molecule has 1 aromatic carbocycles. The van der Waals surface area contributed by atoms with Crippen LogP contribution in [0.15, 0.2) is 24.3 Å². The van der Waals surface area contributed by atoms with Crippen LogP contribution in [-0.2, 0) is 16.4 Å². The highest BCUT2D eigenvalue weighted by atomic mass is 32.2. The van der Waals surface area contributed by atoms with Gasteiger partial charge in [0.05, 0.1) is 11.5 Å². The van der Waals surface area contributed by atoms with E-state index >= 15 is 0 Å². The lowest BCUT2D eigenvalue weighted by molar-refractivity contribution is 0.336. The number of ether oxygens (including phenoxy) is 1. The van der Waals surface area contributed by atoms with Crippen LogP contribution >= 0.6 is 0 Å². The van der Waals surface area contributed by atoms with Crippen LogP contribution in [-0.4, -0.2) is 33.1 Å². The van der Waals surface area contributed by atoms with Crippen LogP contribution in [0.1, 0.15) is 25.8 Å². The number of hydrogen-bond donors (Lipinski definition) is 1. The van der Waals surface area contributed by atoms with Crippen molar-refractivity contribution in [2.45, 2.75) is 26.8 Å². The van der Waals surface area contributed by atoms with E-state index in [-0.39, 0.29) is 18.1 Å². The van der Waals surface area contributed by atoms with Crippen molar-refractivity contribution in [2.75, 3.05) is 24.7 Å². The molecule has 0 radical (unpaired) electrons. The predicted octanol–water partition coefficient (Wildman–Crippen LogP) is 2.00. The molecule has 0 aliphatic rings. The molecule has 0 amide bonds.